The predicted molar refractivity (Wildman–Crippen MR) is 130 cm³/mol. The molecule has 7 nitrogen and oxygen atoms in total. The SMILES string of the molecule is C[C@@]1(N2CCC(c3cc4cc(NC(=O)[C@@H]5[C@H]6CCCO[C@H]65)ncc4cc3Cl)CC2)COC[C@@H]1O. The maximum absolute atomic E-state index is 12.8. The molecule has 1 saturated carbocycles. The highest BCUT2D eigenvalue weighted by Crippen LogP contribution is 2.48. The van der Waals surface area contributed by atoms with Crippen LogP contribution in [0.15, 0.2) is 24.4 Å². The minimum absolute atomic E-state index is 0.0110. The van der Waals surface area contributed by atoms with Crippen molar-refractivity contribution in [2.45, 2.75) is 56.3 Å². The first-order valence-electron chi connectivity index (χ1n) is 12.5. The summed E-state index contributed by atoms with van der Waals surface area (Å²) < 4.78 is 11.3. The van der Waals surface area contributed by atoms with Gasteiger partial charge in [0.25, 0.3) is 0 Å². The number of pyridine rings is 1. The number of carbonyl (C=O) groups excluding carboxylic acids is 1. The highest BCUT2D eigenvalue weighted by atomic mass is 35.5. The molecule has 8 heteroatoms. The number of aliphatic hydroxyl groups excluding tert-OH is 1. The monoisotopic (exact) mass is 485 g/mol. The number of likely N-dealkylation sites (tertiary alicyclic amines) is 1. The summed E-state index contributed by atoms with van der Waals surface area (Å²) in [5, 5.41) is 16.2. The van der Waals surface area contributed by atoms with Crippen molar-refractivity contribution in [3.63, 3.8) is 0 Å². The van der Waals surface area contributed by atoms with Crippen molar-refractivity contribution >= 4 is 34.1 Å². The molecule has 1 aromatic carbocycles. The van der Waals surface area contributed by atoms with Gasteiger partial charge in [-0.15, -0.1) is 0 Å². The summed E-state index contributed by atoms with van der Waals surface area (Å²) in [7, 11) is 0. The van der Waals surface area contributed by atoms with Crippen LogP contribution in [0.25, 0.3) is 10.8 Å². The molecule has 5 atom stereocenters. The van der Waals surface area contributed by atoms with Crippen molar-refractivity contribution in [1.29, 1.82) is 0 Å². The number of hydrogen-bond acceptors (Lipinski definition) is 6. The van der Waals surface area contributed by atoms with Crippen LogP contribution in [0.5, 0.6) is 0 Å². The van der Waals surface area contributed by atoms with Gasteiger partial charge >= 0.3 is 0 Å². The number of hydrogen-bond donors (Lipinski definition) is 2. The largest absolute Gasteiger partial charge is 0.389 e. The molecular weight excluding hydrogens is 454 g/mol. The molecule has 4 aliphatic rings. The van der Waals surface area contributed by atoms with E-state index in [0.29, 0.717) is 30.9 Å². The number of nitrogens with zero attached hydrogens (tertiary/aromatic N) is 2. The Hall–Kier alpha value is -1.77. The molecule has 0 bridgehead atoms. The van der Waals surface area contributed by atoms with Crippen LogP contribution in [0, 0.1) is 11.8 Å². The van der Waals surface area contributed by atoms with E-state index in [1.165, 1.54) is 0 Å². The second-order valence-corrected chi connectivity index (χ2v) is 11.0. The lowest BCUT2D eigenvalue weighted by molar-refractivity contribution is -0.118. The van der Waals surface area contributed by atoms with Crippen molar-refractivity contribution in [2.75, 3.05) is 38.2 Å². The van der Waals surface area contributed by atoms with E-state index in [-0.39, 0.29) is 23.5 Å². The van der Waals surface area contributed by atoms with Crippen LogP contribution in [-0.2, 0) is 14.3 Å². The first-order valence-corrected chi connectivity index (χ1v) is 12.8. The second-order valence-electron chi connectivity index (χ2n) is 10.6. The third kappa shape index (κ3) is 3.91. The van der Waals surface area contributed by atoms with Crippen molar-refractivity contribution in [2.24, 2.45) is 11.8 Å². The zero-order valence-electron chi connectivity index (χ0n) is 19.5. The summed E-state index contributed by atoms with van der Waals surface area (Å²) in [5.74, 6) is 1.26. The van der Waals surface area contributed by atoms with Crippen molar-refractivity contribution < 1.29 is 19.4 Å². The minimum Gasteiger partial charge on any atom is -0.389 e. The lowest BCUT2D eigenvalue weighted by Gasteiger charge is -2.43. The number of aliphatic hydroxyl groups is 1. The van der Waals surface area contributed by atoms with E-state index in [4.69, 9.17) is 21.1 Å². The first-order chi connectivity index (χ1) is 16.4. The van der Waals surface area contributed by atoms with Gasteiger partial charge in [-0.1, -0.05) is 11.6 Å². The Morgan fingerprint density at radius 2 is 2.06 bits per heavy atom. The number of rotatable bonds is 4. The minimum atomic E-state index is -0.444. The van der Waals surface area contributed by atoms with Gasteiger partial charge < -0.3 is 19.9 Å². The Labute approximate surface area is 204 Å². The topological polar surface area (TPSA) is 83.9 Å². The van der Waals surface area contributed by atoms with Gasteiger partial charge in [0.05, 0.1) is 36.9 Å². The number of halogens is 1. The van der Waals surface area contributed by atoms with Crippen molar-refractivity contribution in [3.8, 4) is 0 Å². The fourth-order valence-corrected chi connectivity index (χ4v) is 6.55. The lowest BCUT2D eigenvalue weighted by atomic mass is 9.85. The molecule has 4 heterocycles. The number of carbonyl (C=O) groups is 1. The van der Waals surface area contributed by atoms with E-state index in [2.05, 4.69) is 28.2 Å². The zero-order valence-corrected chi connectivity index (χ0v) is 20.3. The molecule has 6 rings (SSSR count). The summed E-state index contributed by atoms with van der Waals surface area (Å²) in [4.78, 5) is 19.6. The van der Waals surface area contributed by atoms with Gasteiger partial charge in [0.15, 0.2) is 0 Å². The maximum Gasteiger partial charge on any atom is 0.231 e. The van der Waals surface area contributed by atoms with Crippen molar-refractivity contribution in [3.05, 3.63) is 35.0 Å². The van der Waals surface area contributed by atoms with Gasteiger partial charge in [-0.2, -0.15) is 0 Å². The summed E-state index contributed by atoms with van der Waals surface area (Å²) in [6.45, 7) is 5.65. The molecule has 3 aliphatic heterocycles. The average Bonchev–Trinajstić information content (AvgIpc) is 3.48. The van der Waals surface area contributed by atoms with Gasteiger partial charge in [-0.25, -0.2) is 4.98 Å². The maximum atomic E-state index is 12.8. The number of benzene rings is 1. The summed E-state index contributed by atoms with van der Waals surface area (Å²) in [5.41, 5.74) is 0.841. The normalized spacial score (nSPS) is 34.2. The molecule has 1 aromatic heterocycles. The van der Waals surface area contributed by atoms with Crippen LogP contribution in [0.3, 0.4) is 0 Å². The van der Waals surface area contributed by atoms with Gasteiger partial charge in [-0.05, 0) is 80.8 Å². The number of amides is 1. The van der Waals surface area contributed by atoms with Gasteiger partial charge in [0.1, 0.15) is 5.82 Å². The average molecular weight is 486 g/mol. The van der Waals surface area contributed by atoms with Crippen LogP contribution in [0.4, 0.5) is 5.82 Å². The van der Waals surface area contributed by atoms with E-state index < -0.39 is 6.10 Å². The van der Waals surface area contributed by atoms with Gasteiger partial charge in [-0.3, -0.25) is 9.69 Å². The molecule has 0 radical (unpaired) electrons. The number of piperidine rings is 1. The Balaban J connectivity index is 1.16. The molecule has 2 aromatic rings. The molecule has 182 valence electrons. The Morgan fingerprint density at radius 1 is 1.24 bits per heavy atom. The lowest BCUT2D eigenvalue weighted by Crippen LogP contribution is -2.56. The fraction of sp³-hybridized carbons (Fsp3) is 0.615. The van der Waals surface area contributed by atoms with Crippen LogP contribution in [0.1, 0.15) is 44.1 Å². The second kappa shape index (κ2) is 8.71. The summed E-state index contributed by atoms with van der Waals surface area (Å²) >= 11 is 6.71. The fourth-order valence-electron chi connectivity index (χ4n) is 6.23. The van der Waals surface area contributed by atoms with Crippen LogP contribution >= 0.6 is 11.6 Å². The number of fused-ring (bicyclic) bond motifs is 2. The molecule has 1 amide bonds. The molecule has 34 heavy (non-hydrogen) atoms. The number of aromatic nitrogens is 1. The molecule has 4 fully saturated rings. The highest BCUT2D eigenvalue weighted by molar-refractivity contribution is 6.32. The van der Waals surface area contributed by atoms with E-state index in [1.807, 2.05) is 12.1 Å². The van der Waals surface area contributed by atoms with Crippen LogP contribution < -0.4 is 5.32 Å². The van der Waals surface area contributed by atoms with Gasteiger partial charge in [0, 0.05) is 29.1 Å². The van der Waals surface area contributed by atoms with Crippen molar-refractivity contribution in [1.82, 2.24) is 9.88 Å². The summed E-state index contributed by atoms with van der Waals surface area (Å²) in [6.07, 6.45) is 5.49. The van der Waals surface area contributed by atoms with E-state index in [1.54, 1.807) is 6.20 Å². The highest BCUT2D eigenvalue weighted by Gasteiger charge is 2.56. The Bertz CT molecular complexity index is 1090. The van der Waals surface area contributed by atoms with Gasteiger partial charge in [0.2, 0.25) is 5.91 Å². The van der Waals surface area contributed by atoms with E-state index in [9.17, 15) is 9.90 Å². The van der Waals surface area contributed by atoms with Crippen LogP contribution in [-0.4, -0.2) is 71.6 Å². The third-order valence-electron chi connectivity index (χ3n) is 8.52. The van der Waals surface area contributed by atoms with Crippen LogP contribution in [0.2, 0.25) is 5.02 Å². The molecule has 3 saturated heterocycles. The number of nitrogens with one attached hydrogen (secondary N) is 1. The van der Waals surface area contributed by atoms with E-state index in [0.717, 1.165) is 66.7 Å². The number of ether oxygens (including phenoxy) is 2. The smallest absolute Gasteiger partial charge is 0.231 e. The molecular formula is C26H32ClN3O4. The number of anilines is 1. The zero-order chi connectivity index (χ0) is 23.4. The molecule has 0 spiro atoms. The summed E-state index contributed by atoms with van der Waals surface area (Å²) in [6, 6.07) is 6.09. The molecule has 2 N–H and O–H groups in total. The standard InChI is InChI=1S/C26H32ClN3O4/c1-26(14-33-13-21(26)31)30-6-4-15(5-7-30)19-9-16-11-22(28-12-17(16)10-20(19)27)29-25(32)23-18-3-2-8-34-24(18)23/h9-12,15,18,21,23-24,31H,2-8,13-14H2,1H3,(H,28,29,32)/t18-,21+,23-,24-,26-/m1/s1. The molecule has 1 aliphatic carbocycles. The third-order valence-corrected chi connectivity index (χ3v) is 8.85. The predicted octanol–water partition coefficient (Wildman–Crippen LogP) is 3.58. The molecule has 0 unspecified atom stereocenters. The Morgan fingerprint density at radius 3 is 2.76 bits per heavy atom. The van der Waals surface area contributed by atoms with E-state index >= 15 is 0 Å². The first kappa shape index (κ1) is 22.7. The quantitative estimate of drug-likeness (QED) is 0.688. The Kier molecular flexibility index (Phi) is 5.81.